The number of hydrogen-bond acceptors (Lipinski definition) is 5. The normalized spacial score (nSPS) is 15.3. The zero-order chi connectivity index (χ0) is 23.0. The highest BCUT2D eigenvalue weighted by molar-refractivity contribution is 7.94. The number of hydrogen-bond donors (Lipinski definition) is 1. The second-order valence-electron chi connectivity index (χ2n) is 7.27. The number of anilines is 1. The van der Waals surface area contributed by atoms with E-state index in [4.69, 9.17) is 23.2 Å². The van der Waals surface area contributed by atoms with Crippen molar-refractivity contribution in [1.29, 1.82) is 0 Å². The van der Waals surface area contributed by atoms with Crippen LogP contribution >= 0.6 is 23.2 Å². The van der Waals surface area contributed by atoms with E-state index in [0.717, 1.165) is 16.8 Å². The monoisotopic (exact) mass is 496 g/mol. The highest BCUT2D eigenvalue weighted by Crippen LogP contribution is 2.35. The Hall–Kier alpha value is -3.33. The van der Waals surface area contributed by atoms with Gasteiger partial charge in [0, 0.05) is 15.7 Å². The minimum absolute atomic E-state index is 0.00668. The van der Waals surface area contributed by atoms with Crippen LogP contribution in [-0.4, -0.2) is 23.2 Å². The summed E-state index contributed by atoms with van der Waals surface area (Å²) in [5.41, 5.74) is 2.66. The SMILES string of the molecule is O=S(=O)([N-]c1nc2n(n1)[C@H](c1ccccc1)C=C(c1ccc(Cl)cc1)N2)c1ccc(Cl)cc1. The number of aromatic nitrogens is 3. The van der Waals surface area contributed by atoms with Gasteiger partial charge in [0.25, 0.3) is 0 Å². The van der Waals surface area contributed by atoms with Crippen LogP contribution in [0.25, 0.3) is 10.4 Å². The van der Waals surface area contributed by atoms with Crippen molar-refractivity contribution < 1.29 is 8.42 Å². The molecule has 4 aromatic rings. The first-order valence-electron chi connectivity index (χ1n) is 9.89. The second kappa shape index (κ2) is 8.55. The quantitative estimate of drug-likeness (QED) is 0.363. The van der Waals surface area contributed by atoms with E-state index in [9.17, 15) is 8.42 Å². The molecule has 0 spiro atoms. The molecule has 166 valence electrons. The summed E-state index contributed by atoms with van der Waals surface area (Å²) in [6.45, 7) is 0. The number of rotatable bonds is 5. The van der Waals surface area contributed by atoms with E-state index in [-0.39, 0.29) is 16.9 Å². The summed E-state index contributed by atoms with van der Waals surface area (Å²) in [6.07, 6.45) is 2.00. The molecule has 1 N–H and O–H groups in total. The second-order valence-corrected chi connectivity index (χ2v) is 9.74. The third-order valence-electron chi connectivity index (χ3n) is 5.06. The Balaban J connectivity index is 1.52. The van der Waals surface area contributed by atoms with Crippen LogP contribution in [0, 0.1) is 0 Å². The summed E-state index contributed by atoms with van der Waals surface area (Å²) in [6, 6.07) is 22.6. The molecular weight excluding hydrogens is 481 g/mol. The number of sulfonamides is 1. The average Bonchev–Trinajstić information content (AvgIpc) is 3.21. The predicted octanol–water partition coefficient (Wildman–Crippen LogP) is 6.04. The molecule has 0 amide bonds. The smallest absolute Gasteiger partial charge is 0.229 e. The number of nitrogens with one attached hydrogen (secondary N) is 1. The van der Waals surface area contributed by atoms with Crippen LogP contribution in [0.2, 0.25) is 10.0 Å². The molecule has 0 fully saturated rings. The van der Waals surface area contributed by atoms with Crippen molar-refractivity contribution in [3.8, 4) is 0 Å². The van der Waals surface area contributed by atoms with Gasteiger partial charge in [-0.05, 0) is 53.6 Å². The van der Waals surface area contributed by atoms with E-state index in [2.05, 4.69) is 20.1 Å². The highest BCUT2D eigenvalue weighted by Gasteiger charge is 2.22. The molecule has 1 aliphatic heterocycles. The van der Waals surface area contributed by atoms with Crippen molar-refractivity contribution >= 4 is 50.8 Å². The molecule has 5 rings (SSSR count). The van der Waals surface area contributed by atoms with E-state index in [1.807, 2.05) is 48.5 Å². The Bertz CT molecular complexity index is 1430. The zero-order valence-electron chi connectivity index (χ0n) is 16.9. The Morgan fingerprint density at radius 1 is 0.879 bits per heavy atom. The Morgan fingerprint density at radius 2 is 1.52 bits per heavy atom. The predicted molar refractivity (Wildman–Crippen MR) is 129 cm³/mol. The molecule has 0 aliphatic carbocycles. The van der Waals surface area contributed by atoms with Crippen LogP contribution < -0.4 is 5.32 Å². The third-order valence-corrected chi connectivity index (χ3v) is 6.84. The lowest BCUT2D eigenvalue weighted by atomic mass is 10.0. The van der Waals surface area contributed by atoms with E-state index in [1.54, 1.807) is 16.8 Å². The van der Waals surface area contributed by atoms with Crippen molar-refractivity contribution in [2.75, 3.05) is 5.32 Å². The van der Waals surface area contributed by atoms with Gasteiger partial charge in [-0.15, -0.1) is 0 Å². The van der Waals surface area contributed by atoms with Crippen molar-refractivity contribution in [2.24, 2.45) is 0 Å². The van der Waals surface area contributed by atoms with E-state index in [1.165, 1.54) is 24.3 Å². The maximum atomic E-state index is 12.8. The Morgan fingerprint density at radius 3 is 2.18 bits per heavy atom. The number of nitrogens with zero attached hydrogens (tertiary/aromatic N) is 4. The van der Waals surface area contributed by atoms with Gasteiger partial charge in [-0.2, -0.15) is 0 Å². The van der Waals surface area contributed by atoms with Gasteiger partial charge in [-0.25, -0.2) is 8.42 Å². The van der Waals surface area contributed by atoms with Gasteiger partial charge in [-0.1, -0.05) is 65.7 Å². The number of allylic oxidation sites excluding steroid dienone is 1. The molecule has 0 saturated carbocycles. The average molecular weight is 497 g/mol. The number of benzene rings is 3. The first-order chi connectivity index (χ1) is 15.9. The van der Waals surface area contributed by atoms with Gasteiger partial charge in [0.05, 0.1) is 16.9 Å². The topological polar surface area (TPSA) is 91.0 Å². The fourth-order valence-electron chi connectivity index (χ4n) is 3.47. The summed E-state index contributed by atoms with van der Waals surface area (Å²) < 4.78 is 31.0. The van der Waals surface area contributed by atoms with E-state index >= 15 is 0 Å². The molecule has 33 heavy (non-hydrogen) atoms. The Labute approximate surface area is 200 Å². The maximum Gasteiger partial charge on any atom is 0.229 e. The molecule has 0 radical (unpaired) electrons. The first-order valence-corrected chi connectivity index (χ1v) is 12.1. The summed E-state index contributed by atoms with van der Waals surface area (Å²) in [7, 11) is -4.01. The standard InChI is InChI=1S/C23H16Cl2N5O2S/c24-17-8-6-15(7-9-17)20-14-21(16-4-2-1-3-5-16)30-23(26-20)27-22(28-30)29-33(31,32)19-12-10-18(25)11-13-19/h1-14,21H,(H-,26,27,28,29)/q-1/t21-/m0/s1. The third kappa shape index (κ3) is 4.45. The van der Waals surface area contributed by atoms with Crippen molar-refractivity contribution in [2.45, 2.75) is 10.9 Å². The fraction of sp³-hybridized carbons (Fsp3) is 0.0435. The van der Waals surface area contributed by atoms with Gasteiger partial charge >= 0.3 is 0 Å². The lowest BCUT2D eigenvalue weighted by Gasteiger charge is -2.27. The molecule has 1 aromatic heterocycles. The van der Waals surface area contributed by atoms with Crippen LogP contribution in [0.3, 0.4) is 0 Å². The highest BCUT2D eigenvalue weighted by atomic mass is 35.5. The molecule has 0 bridgehead atoms. The van der Waals surface area contributed by atoms with Crippen LogP contribution in [0.1, 0.15) is 17.2 Å². The molecule has 3 aromatic carbocycles. The van der Waals surface area contributed by atoms with Gasteiger partial charge in [-0.3, -0.25) is 14.5 Å². The first kappa shape index (κ1) is 21.5. The molecule has 0 saturated heterocycles. The van der Waals surface area contributed by atoms with Crippen LogP contribution in [0.4, 0.5) is 11.9 Å². The lowest BCUT2D eigenvalue weighted by Crippen LogP contribution is -2.20. The van der Waals surface area contributed by atoms with Crippen molar-refractivity contribution in [3.05, 3.63) is 111 Å². The molecule has 2 heterocycles. The van der Waals surface area contributed by atoms with Gasteiger partial charge in [0.1, 0.15) is 5.95 Å². The summed E-state index contributed by atoms with van der Waals surface area (Å²) in [5, 5.41) is 8.67. The maximum absolute atomic E-state index is 12.8. The molecule has 1 aliphatic rings. The van der Waals surface area contributed by atoms with Crippen LogP contribution in [0.5, 0.6) is 0 Å². The minimum Gasteiger partial charge on any atom is -0.338 e. The summed E-state index contributed by atoms with van der Waals surface area (Å²) >= 11 is 11.9. The molecule has 7 nitrogen and oxygen atoms in total. The van der Waals surface area contributed by atoms with Gasteiger partial charge in [0.15, 0.2) is 0 Å². The summed E-state index contributed by atoms with van der Waals surface area (Å²) in [5.74, 6) is 0.209. The van der Waals surface area contributed by atoms with E-state index < -0.39 is 10.0 Å². The zero-order valence-corrected chi connectivity index (χ0v) is 19.3. The van der Waals surface area contributed by atoms with Crippen LogP contribution in [0.15, 0.2) is 89.8 Å². The molecule has 10 heteroatoms. The summed E-state index contributed by atoms with van der Waals surface area (Å²) in [4.78, 5) is 4.36. The molecule has 0 unspecified atom stereocenters. The number of fused-ring (bicyclic) bond motifs is 1. The Kier molecular flexibility index (Phi) is 5.57. The molecule has 1 atom stereocenters. The van der Waals surface area contributed by atoms with E-state index in [0.29, 0.717) is 16.0 Å². The van der Waals surface area contributed by atoms with Gasteiger partial charge < -0.3 is 10.3 Å². The lowest BCUT2D eigenvalue weighted by molar-refractivity contribution is 0.601. The number of halogens is 2. The van der Waals surface area contributed by atoms with Crippen LogP contribution in [-0.2, 0) is 10.0 Å². The van der Waals surface area contributed by atoms with Crippen molar-refractivity contribution in [1.82, 2.24) is 14.8 Å². The minimum atomic E-state index is -4.01. The molecular formula is C23H16Cl2N5O2S-. The largest absolute Gasteiger partial charge is 0.338 e. The van der Waals surface area contributed by atoms with Gasteiger partial charge in [0.2, 0.25) is 10.0 Å². The fourth-order valence-corrected chi connectivity index (χ4v) is 4.60. The van der Waals surface area contributed by atoms with Crippen molar-refractivity contribution in [3.63, 3.8) is 0 Å².